The maximum absolute atomic E-state index is 13.4. The first-order chi connectivity index (χ1) is 39.7. The van der Waals surface area contributed by atoms with E-state index in [-0.39, 0.29) is 18.9 Å². The summed E-state index contributed by atoms with van der Waals surface area (Å²) in [6.07, 6.45) is 20.7. The Labute approximate surface area is 491 Å². The Hall–Kier alpha value is -2.22. The Morgan fingerprint density at radius 2 is 0.866 bits per heavy atom. The lowest BCUT2D eigenvalue weighted by Gasteiger charge is -2.48. The van der Waals surface area contributed by atoms with Crippen LogP contribution in [0, 0.1) is 0 Å². The number of amides is 2. The smallest absolute Gasteiger partial charge is 0.220 e. The summed E-state index contributed by atoms with van der Waals surface area (Å²) in [5.41, 5.74) is 0. The van der Waals surface area contributed by atoms with Gasteiger partial charge < -0.3 is 90.1 Å². The molecule has 20 nitrogen and oxygen atoms in total. The van der Waals surface area contributed by atoms with E-state index in [0.717, 1.165) is 51.9 Å². The van der Waals surface area contributed by atoms with Crippen molar-refractivity contribution < 1.29 is 89.1 Å². The maximum atomic E-state index is 13.4. The number of allylic oxidation sites excluding steroid dienone is 3. The predicted octanol–water partition coefficient (Wildman–Crippen LogP) is 6.08. The monoisotopic (exact) mass is 1170 g/mol. The number of carbonyl (C=O) groups is 2. The van der Waals surface area contributed by atoms with Gasteiger partial charge in [-0.3, -0.25) is 9.59 Å². The first-order valence-corrected chi connectivity index (χ1v) is 32.1. The molecule has 0 aromatic rings. The highest BCUT2D eigenvalue weighted by Gasteiger charge is 2.54. The van der Waals surface area contributed by atoms with E-state index in [9.17, 15) is 60.7 Å². The number of aliphatic hydroxyl groups is 10. The molecule has 0 radical (unpaired) electrons. The van der Waals surface area contributed by atoms with Crippen LogP contribution in [0.4, 0.5) is 0 Å². The zero-order valence-electron chi connectivity index (χ0n) is 50.3. The van der Waals surface area contributed by atoms with Gasteiger partial charge in [0.25, 0.3) is 0 Å². The van der Waals surface area contributed by atoms with Gasteiger partial charge in [0.15, 0.2) is 18.9 Å². The molecule has 17 atom stereocenters. The Morgan fingerprint density at radius 1 is 0.476 bits per heavy atom. The molecule has 0 saturated carbocycles. The second-order valence-corrected chi connectivity index (χ2v) is 23.3. The van der Waals surface area contributed by atoms with Crippen LogP contribution in [0.1, 0.15) is 226 Å². The number of hydrogen-bond acceptors (Lipinski definition) is 18. The van der Waals surface area contributed by atoms with Crippen LogP contribution in [0.2, 0.25) is 0 Å². The lowest BCUT2D eigenvalue weighted by atomic mass is 9.95. The summed E-state index contributed by atoms with van der Waals surface area (Å²) in [7, 11) is 0. The highest BCUT2D eigenvalue weighted by Crippen LogP contribution is 2.33. The third-order valence-corrected chi connectivity index (χ3v) is 16.1. The molecule has 3 heterocycles. The fourth-order valence-electron chi connectivity index (χ4n) is 11.0. The van der Waals surface area contributed by atoms with Crippen molar-refractivity contribution in [2.45, 2.75) is 330 Å². The lowest BCUT2D eigenvalue weighted by Crippen LogP contribution is -2.68. The normalized spacial score (nSPS) is 29.6. The average molecular weight is 1180 g/mol. The molecule has 2 amide bonds. The SMILES string of the molecule is CCCCCCCC/C=C\CCCCCCCCCCCCCC(=O)N[C@@H](CO[C@@H]1OC(CO)[C@@H](O[C@@H]2OC(CO)[C@@H](O[C@@H]3OC(CO)[C@@H](O)[C@H](O)C3NC(C)=O)[C@H](O)C2O)[C@H](O)C1O)[C@H](O)/C=C/CCCCCCCCCCCCC. The minimum atomic E-state index is -1.99. The van der Waals surface area contributed by atoms with E-state index in [1.54, 1.807) is 6.08 Å². The predicted molar refractivity (Wildman–Crippen MR) is 312 cm³/mol. The Balaban J connectivity index is 1.51. The van der Waals surface area contributed by atoms with Crippen LogP contribution < -0.4 is 10.6 Å². The largest absolute Gasteiger partial charge is 0.394 e. The van der Waals surface area contributed by atoms with Crippen molar-refractivity contribution in [2.75, 3.05) is 26.4 Å². The van der Waals surface area contributed by atoms with Crippen LogP contribution in [0.25, 0.3) is 0 Å². The number of rotatable bonds is 47. The van der Waals surface area contributed by atoms with E-state index in [2.05, 4.69) is 36.6 Å². The van der Waals surface area contributed by atoms with Gasteiger partial charge in [-0.05, 0) is 44.9 Å². The molecule has 3 aliphatic heterocycles. The van der Waals surface area contributed by atoms with Crippen molar-refractivity contribution in [1.29, 1.82) is 0 Å². The summed E-state index contributed by atoms with van der Waals surface area (Å²) >= 11 is 0. The number of unbranched alkanes of at least 4 members (excludes halogenated alkanes) is 28. The first kappa shape index (κ1) is 74.0. The number of ether oxygens (including phenoxy) is 6. The molecule has 20 heteroatoms. The molecular weight excluding hydrogens is 1060 g/mol. The second-order valence-electron chi connectivity index (χ2n) is 23.3. The molecule has 82 heavy (non-hydrogen) atoms. The van der Waals surface area contributed by atoms with Gasteiger partial charge in [-0.2, -0.15) is 0 Å². The van der Waals surface area contributed by atoms with Crippen molar-refractivity contribution in [3.8, 4) is 0 Å². The molecule has 0 aliphatic carbocycles. The van der Waals surface area contributed by atoms with Crippen LogP contribution in [0.15, 0.2) is 24.3 Å². The van der Waals surface area contributed by atoms with Crippen LogP contribution >= 0.6 is 0 Å². The van der Waals surface area contributed by atoms with Gasteiger partial charge in [0.2, 0.25) is 11.8 Å². The van der Waals surface area contributed by atoms with Crippen molar-refractivity contribution >= 4 is 11.8 Å². The van der Waals surface area contributed by atoms with Crippen LogP contribution in [0.3, 0.4) is 0 Å². The first-order valence-electron chi connectivity index (χ1n) is 32.1. The fourth-order valence-corrected chi connectivity index (χ4v) is 11.0. The quantitative estimate of drug-likeness (QED) is 0.0243. The molecule has 0 spiro atoms. The number of carbonyl (C=O) groups excluding carboxylic acids is 2. The van der Waals surface area contributed by atoms with Crippen molar-refractivity contribution in [3.05, 3.63) is 24.3 Å². The van der Waals surface area contributed by atoms with E-state index in [1.807, 2.05) is 6.08 Å². The summed E-state index contributed by atoms with van der Waals surface area (Å²) in [6, 6.07) is -2.41. The maximum Gasteiger partial charge on any atom is 0.220 e. The molecule has 480 valence electrons. The summed E-state index contributed by atoms with van der Waals surface area (Å²) in [5.74, 6) is -0.926. The minimum Gasteiger partial charge on any atom is -0.394 e. The molecule has 3 fully saturated rings. The van der Waals surface area contributed by atoms with E-state index in [4.69, 9.17) is 28.4 Å². The van der Waals surface area contributed by atoms with Crippen molar-refractivity contribution in [3.63, 3.8) is 0 Å². The van der Waals surface area contributed by atoms with E-state index >= 15 is 0 Å². The molecule has 0 aromatic carbocycles. The van der Waals surface area contributed by atoms with Crippen LogP contribution in [-0.4, -0.2) is 194 Å². The zero-order valence-corrected chi connectivity index (χ0v) is 50.3. The molecule has 12 N–H and O–H groups in total. The van der Waals surface area contributed by atoms with Crippen molar-refractivity contribution in [1.82, 2.24) is 10.6 Å². The fraction of sp³-hybridized carbons (Fsp3) is 0.903. The van der Waals surface area contributed by atoms with Gasteiger partial charge >= 0.3 is 0 Å². The molecule has 0 bridgehead atoms. The number of nitrogens with one attached hydrogen (secondary N) is 2. The van der Waals surface area contributed by atoms with Gasteiger partial charge in [0.05, 0.1) is 38.6 Å². The van der Waals surface area contributed by atoms with Crippen LogP contribution in [0.5, 0.6) is 0 Å². The molecular formula is C62H114N2O18. The zero-order chi connectivity index (χ0) is 59.9. The third-order valence-electron chi connectivity index (χ3n) is 16.1. The summed E-state index contributed by atoms with van der Waals surface area (Å²) in [4.78, 5) is 25.3. The van der Waals surface area contributed by atoms with Crippen molar-refractivity contribution in [2.24, 2.45) is 0 Å². The average Bonchev–Trinajstić information content (AvgIpc) is 3.58. The van der Waals surface area contributed by atoms with E-state index < -0.39 is 130 Å². The molecule has 3 saturated heterocycles. The molecule has 0 aromatic heterocycles. The van der Waals surface area contributed by atoms with Gasteiger partial charge in [-0.25, -0.2) is 0 Å². The highest BCUT2D eigenvalue weighted by molar-refractivity contribution is 5.76. The van der Waals surface area contributed by atoms with Gasteiger partial charge in [0, 0.05) is 13.3 Å². The molecule has 3 rings (SSSR count). The number of hydrogen-bond donors (Lipinski definition) is 12. The van der Waals surface area contributed by atoms with Gasteiger partial charge in [0.1, 0.15) is 73.2 Å². The Morgan fingerprint density at radius 3 is 1.32 bits per heavy atom. The van der Waals surface area contributed by atoms with E-state index in [1.165, 1.54) is 148 Å². The number of aliphatic hydroxyl groups excluding tert-OH is 10. The highest BCUT2D eigenvalue weighted by atomic mass is 16.8. The Kier molecular flexibility index (Phi) is 40.7. The Bertz CT molecular complexity index is 1660. The summed E-state index contributed by atoms with van der Waals surface area (Å²) in [6.45, 7) is 2.83. The topological polar surface area (TPSA) is 316 Å². The standard InChI is InChI=1S/C62H114N2O18/c1-4-6-8-10-12-14-16-18-19-20-21-22-23-24-25-27-29-31-33-35-37-39-50(70)64-45(46(69)38-36-34-32-30-28-26-17-15-13-11-9-7-5-2)43-77-61-56(75)54(73)59(48(41-66)79-61)82-62-57(76)55(74)58(49(42-67)80-62)81-60-51(63-44(3)68)53(72)52(71)47(40-65)78-60/h18-19,36,38,45-49,51-62,65-67,69,71-76H,4-17,20-35,37,39-43H2,1-3H3,(H,63,68)(H,64,70)/b19-18-,38-36+/t45-,46+,47?,48?,49?,51?,52+,53+,54+,55+,56?,57?,58+,59+,60-,61+,62-/m0/s1. The van der Waals surface area contributed by atoms with E-state index in [0.29, 0.717) is 6.42 Å². The third kappa shape index (κ3) is 28.5. The summed E-state index contributed by atoms with van der Waals surface area (Å²) in [5, 5.41) is 114. The summed E-state index contributed by atoms with van der Waals surface area (Å²) < 4.78 is 34.9. The van der Waals surface area contributed by atoms with Gasteiger partial charge in [-0.1, -0.05) is 192 Å². The molecule has 6 unspecified atom stereocenters. The van der Waals surface area contributed by atoms with Crippen LogP contribution in [-0.2, 0) is 38.0 Å². The minimum absolute atomic E-state index is 0.240. The second kappa shape index (κ2) is 45.1. The lowest BCUT2D eigenvalue weighted by molar-refractivity contribution is -0.374. The van der Waals surface area contributed by atoms with Gasteiger partial charge in [-0.15, -0.1) is 0 Å². The molecule has 3 aliphatic rings.